The van der Waals surface area contributed by atoms with Gasteiger partial charge in [-0.2, -0.15) is 5.10 Å². The molecule has 1 heterocycles. The lowest BCUT2D eigenvalue weighted by molar-refractivity contribution is -0.121. The molecule has 0 aromatic carbocycles. The van der Waals surface area contributed by atoms with Gasteiger partial charge in [-0.3, -0.25) is 14.3 Å². The molecule has 0 aliphatic rings. The number of aryl methyl sites for hydroxylation is 1. The zero-order chi connectivity index (χ0) is 13.9. The summed E-state index contributed by atoms with van der Waals surface area (Å²) in [7, 11) is 0. The van der Waals surface area contributed by atoms with Crippen molar-refractivity contribution < 1.29 is 9.59 Å². The first-order chi connectivity index (χ1) is 8.43. The van der Waals surface area contributed by atoms with Crippen molar-refractivity contribution in [2.24, 2.45) is 5.73 Å². The van der Waals surface area contributed by atoms with Crippen LogP contribution in [0.15, 0.2) is 6.20 Å². The van der Waals surface area contributed by atoms with E-state index >= 15 is 0 Å². The Balaban J connectivity index is 3.11. The van der Waals surface area contributed by atoms with Crippen LogP contribution >= 0.6 is 11.6 Å². The molecular formula is C11H17ClN4O2. The van der Waals surface area contributed by atoms with Crippen molar-refractivity contribution in [3.8, 4) is 0 Å². The molecule has 2 N–H and O–H groups in total. The average Bonchev–Trinajstić information content (AvgIpc) is 2.70. The minimum atomic E-state index is -0.682. The van der Waals surface area contributed by atoms with Gasteiger partial charge in [-0.05, 0) is 20.8 Å². The van der Waals surface area contributed by atoms with Crippen LogP contribution in [0.25, 0.3) is 0 Å². The summed E-state index contributed by atoms with van der Waals surface area (Å²) in [6.07, 6.45) is 1.42. The molecule has 7 heteroatoms. The molecule has 18 heavy (non-hydrogen) atoms. The standard InChI is InChI=1S/C11H17ClN4O2/c1-4-15(7(3)10(13)17)11(18)9-8(12)6-14-16(9)5-2/h6-7H,4-5H2,1-3H3,(H2,13,17)/t7-/m0/s1. The van der Waals surface area contributed by atoms with Crippen molar-refractivity contribution >= 4 is 23.4 Å². The van der Waals surface area contributed by atoms with E-state index in [0.717, 1.165) is 0 Å². The van der Waals surface area contributed by atoms with Crippen molar-refractivity contribution in [1.82, 2.24) is 14.7 Å². The fourth-order valence-corrected chi connectivity index (χ4v) is 1.92. The number of halogens is 1. The third kappa shape index (κ3) is 2.64. The largest absolute Gasteiger partial charge is 0.368 e. The topological polar surface area (TPSA) is 81.2 Å². The summed E-state index contributed by atoms with van der Waals surface area (Å²) in [6.45, 7) is 6.11. The third-order valence-electron chi connectivity index (χ3n) is 2.78. The molecule has 0 saturated carbocycles. The Labute approximate surface area is 111 Å². The van der Waals surface area contributed by atoms with Crippen LogP contribution in [0.4, 0.5) is 0 Å². The molecule has 6 nitrogen and oxygen atoms in total. The van der Waals surface area contributed by atoms with Gasteiger partial charge in [0.05, 0.1) is 11.2 Å². The van der Waals surface area contributed by atoms with Crippen LogP contribution in [0, 0.1) is 0 Å². The molecule has 0 fully saturated rings. The maximum Gasteiger partial charge on any atom is 0.274 e. The molecular weight excluding hydrogens is 256 g/mol. The lowest BCUT2D eigenvalue weighted by atomic mass is 10.2. The van der Waals surface area contributed by atoms with E-state index in [1.165, 1.54) is 15.8 Å². The summed E-state index contributed by atoms with van der Waals surface area (Å²) >= 11 is 5.96. The molecule has 0 aliphatic carbocycles. The van der Waals surface area contributed by atoms with E-state index in [0.29, 0.717) is 13.1 Å². The highest BCUT2D eigenvalue weighted by atomic mass is 35.5. The zero-order valence-electron chi connectivity index (χ0n) is 10.7. The number of primary amides is 1. The molecule has 0 radical (unpaired) electrons. The number of amides is 2. The van der Waals surface area contributed by atoms with E-state index in [1.54, 1.807) is 13.8 Å². The summed E-state index contributed by atoms with van der Waals surface area (Å²) in [5.41, 5.74) is 5.51. The van der Waals surface area contributed by atoms with Crippen molar-refractivity contribution in [3.05, 3.63) is 16.9 Å². The lowest BCUT2D eigenvalue weighted by Gasteiger charge is -2.25. The van der Waals surface area contributed by atoms with Gasteiger partial charge in [0.25, 0.3) is 5.91 Å². The molecule has 100 valence electrons. The van der Waals surface area contributed by atoms with Crippen molar-refractivity contribution in [1.29, 1.82) is 0 Å². The first kappa shape index (κ1) is 14.5. The predicted molar refractivity (Wildman–Crippen MR) is 68.3 cm³/mol. The van der Waals surface area contributed by atoms with Gasteiger partial charge in [0.1, 0.15) is 11.7 Å². The number of hydrogen-bond donors (Lipinski definition) is 1. The number of aromatic nitrogens is 2. The second-order valence-electron chi connectivity index (χ2n) is 3.83. The Kier molecular flexibility index (Phi) is 4.72. The van der Waals surface area contributed by atoms with Gasteiger partial charge in [-0.15, -0.1) is 0 Å². The maximum atomic E-state index is 12.4. The summed E-state index contributed by atoms with van der Waals surface area (Å²) in [5.74, 6) is -0.892. The van der Waals surface area contributed by atoms with Crippen LogP contribution in [0.1, 0.15) is 31.3 Å². The van der Waals surface area contributed by atoms with Crippen LogP contribution in [0.5, 0.6) is 0 Å². The van der Waals surface area contributed by atoms with Gasteiger partial charge in [0.15, 0.2) is 0 Å². The van der Waals surface area contributed by atoms with Gasteiger partial charge < -0.3 is 10.6 Å². The van der Waals surface area contributed by atoms with E-state index in [-0.39, 0.29) is 16.6 Å². The monoisotopic (exact) mass is 272 g/mol. The van der Waals surface area contributed by atoms with Gasteiger partial charge in [0.2, 0.25) is 5.91 Å². The SMILES string of the molecule is CCN(C(=O)c1c(Cl)cnn1CC)[C@@H](C)C(N)=O. The quantitative estimate of drug-likeness (QED) is 0.864. The van der Waals surface area contributed by atoms with Gasteiger partial charge in [-0.25, -0.2) is 0 Å². The molecule has 0 unspecified atom stereocenters. The van der Waals surface area contributed by atoms with Crippen LogP contribution in [-0.2, 0) is 11.3 Å². The lowest BCUT2D eigenvalue weighted by Crippen LogP contribution is -2.46. The predicted octanol–water partition coefficient (Wildman–Crippen LogP) is 0.892. The molecule has 0 spiro atoms. The number of nitrogens with two attached hydrogens (primary N) is 1. The minimum Gasteiger partial charge on any atom is -0.368 e. The molecule has 0 aliphatic heterocycles. The fourth-order valence-electron chi connectivity index (χ4n) is 1.70. The molecule has 0 saturated heterocycles. The second kappa shape index (κ2) is 5.86. The van der Waals surface area contributed by atoms with Crippen LogP contribution in [-0.4, -0.2) is 39.1 Å². The Hall–Kier alpha value is -1.56. The molecule has 1 atom stereocenters. The van der Waals surface area contributed by atoms with Crippen molar-refractivity contribution in [2.75, 3.05) is 6.54 Å². The van der Waals surface area contributed by atoms with E-state index in [2.05, 4.69) is 5.10 Å². The van der Waals surface area contributed by atoms with Crippen LogP contribution in [0.2, 0.25) is 5.02 Å². The third-order valence-corrected chi connectivity index (χ3v) is 3.05. The Morgan fingerprint density at radius 1 is 1.56 bits per heavy atom. The first-order valence-corrected chi connectivity index (χ1v) is 6.13. The Bertz CT molecular complexity index is 458. The minimum absolute atomic E-state index is 0.275. The number of hydrogen-bond acceptors (Lipinski definition) is 3. The van der Waals surface area contributed by atoms with E-state index in [9.17, 15) is 9.59 Å². The number of likely N-dealkylation sites (N-methyl/N-ethyl adjacent to an activating group) is 1. The van der Waals surface area contributed by atoms with Crippen LogP contribution < -0.4 is 5.73 Å². The Morgan fingerprint density at radius 2 is 2.17 bits per heavy atom. The van der Waals surface area contributed by atoms with Gasteiger partial charge in [0, 0.05) is 13.1 Å². The average molecular weight is 273 g/mol. The summed E-state index contributed by atoms with van der Waals surface area (Å²) in [4.78, 5) is 24.9. The first-order valence-electron chi connectivity index (χ1n) is 5.75. The van der Waals surface area contributed by atoms with Crippen molar-refractivity contribution in [2.45, 2.75) is 33.4 Å². The molecule has 1 aromatic heterocycles. The number of carbonyl (C=O) groups excluding carboxylic acids is 2. The highest BCUT2D eigenvalue weighted by Gasteiger charge is 2.27. The van der Waals surface area contributed by atoms with E-state index < -0.39 is 11.9 Å². The number of carbonyl (C=O) groups is 2. The summed E-state index contributed by atoms with van der Waals surface area (Å²) in [5, 5.41) is 4.27. The van der Waals surface area contributed by atoms with Gasteiger partial charge in [-0.1, -0.05) is 11.6 Å². The highest BCUT2D eigenvalue weighted by molar-refractivity contribution is 6.33. The molecule has 0 bridgehead atoms. The summed E-state index contributed by atoms with van der Waals surface area (Å²) in [6, 6.07) is -0.682. The zero-order valence-corrected chi connectivity index (χ0v) is 11.4. The molecule has 1 aromatic rings. The maximum absolute atomic E-state index is 12.4. The fraction of sp³-hybridized carbons (Fsp3) is 0.545. The summed E-state index contributed by atoms with van der Waals surface area (Å²) < 4.78 is 1.50. The van der Waals surface area contributed by atoms with Gasteiger partial charge >= 0.3 is 0 Å². The number of rotatable bonds is 5. The Morgan fingerprint density at radius 3 is 2.61 bits per heavy atom. The normalized spacial score (nSPS) is 12.2. The van der Waals surface area contributed by atoms with E-state index in [1.807, 2.05) is 6.92 Å². The second-order valence-corrected chi connectivity index (χ2v) is 4.23. The van der Waals surface area contributed by atoms with E-state index in [4.69, 9.17) is 17.3 Å². The molecule has 1 rings (SSSR count). The smallest absolute Gasteiger partial charge is 0.274 e. The van der Waals surface area contributed by atoms with Crippen molar-refractivity contribution in [3.63, 3.8) is 0 Å². The van der Waals surface area contributed by atoms with Crippen LogP contribution in [0.3, 0.4) is 0 Å². The number of nitrogens with zero attached hydrogens (tertiary/aromatic N) is 3. The highest BCUT2D eigenvalue weighted by Crippen LogP contribution is 2.18. The molecule has 2 amide bonds.